The molecule has 0 saturated heterocycles. The number of anilines is 1. The van der Waals surface area contributed by atoms with Crippen LogP contribution in [0.15, 0.2) is 77.7 Å². The Labute approximate surface area is 235 Å². The number of hydrogen-bond donors (Lipinski definition) is 1. The molecule has 0 aromatic heterocycles. The van der Waals surface area contributed by atoms with Gasteiger partial charge in [0.1, 0.15) is 18.3 Å². The van der Waals surface area contributed by atoms with Gasteiger partial charge in [-0.05, 0) is 62.2 Å². The van der Waals surface area contributed by atoms with Crippen molar-refractivity contribution in [1.82, 2.24) is 10.2 Å². The molecule has 0 bridgehead atoms. The van der Waals surface area contributed by atoms with Crippen LogP contribution in [0.5, 0.6) is 5.75 Å². The fraction of sp³-hybridized carbons (Fsp3) is 0.310. The second-order valence-electron chi connectivity index (χ2n) is 9.12. The number of carbonyl (C=O) groups is 2. The Hall–Kier alpha value is -3.56. The third-order valence-corrected chi connectivity index (χ3v) is 8.31. The van der Waals surface area contributed by atoms with Crippen LogP contribution in [0.4, 0.5) is 5.69 Å². The van der Waals surface area contributed by atoms with Crippen molar-refractivity contribution in [2.24, 2.45) is 0 Å². The van der Waals surface area contributed by atoms with Gasteiger partial charge in [-0.2, -0.15) is 0 Å². The minimum atomic E-state index is -4.18. The van der Waals surface area contributed by atoms with E-state index in [0.717, 1.165) is 21.9 Å². The highest BCUT2D eigenvalue weighted by Crippen LogP contribution is 2.31. The summed E-state index contributed by atoms with van der Waals surface area (Å²) in [6, 6.07) is 19.1. The monoisotopic (exact) mass is 571 g/mol. The number of ether oxygens (including phenoxy) is 1. The maximum Gasteiger partial charge on any atom is 0.264 e. The van der Waals surface area contributed by atoms with Crippen LogP contribution >= 0.6 is 11.6 Å². The van der Waals surface area contributed by atoms with E-state index in [0.29, 0.717) is 12.3 Å². The van der Waals surface area contributed by atoms with Gasteiger partial charge in [0, 0.05) is 13.1 Å². The topological polar surface area (TPSA) is 96.0 Å². The Morgan fingerprint density at radius 3 is 2.36 bits per heavy atom. The molecule has 0 saturated carbocycles. The predicted octanol–water partition coefficient (Wildman–Crippen LogP) is 4.80. The zero-order chi connectivity index (χ0) is 28.6. The summed E-state index contributed by atoms with van der Waals surface area (Å²) in [4.78, 5) is 28.2. The van der Waals surface area contributed by atoms with Crippen molar-refractivity contribution >= 4 is 39.1 Å². The van der Waals surface area contributed by atoms with Crippen LogP contribution in [-0.2, 0) is 26.2 Å². The van der Waals surface area contributed by atoms with Gasteiger partial charge in [-0.1, -0.05) is 60.5 Å². The number of methoxy groups -OCH3 is 1. The lowest BCUT2D eigenvalue weighted by Crippen LogP contribution is -2.51. The first-order valence-corrected chi connectivity index (χ1v) is 14.4. The van der Waals surface area contributed by atoms with Crippen molar-refractivity contribution < 1.29 is 22.7 Å². The van der Waals surface area contributed by atoms with E-state index in [2.05, 4.69) is 5.32 Å². The van der Waals surface area contributed by atoms with E-state index in [1.54, 1.807) is 68.6 Å². The lowest BCUT2D eigenvalue weighted by Gasteiger charge is -2.32. The molecule has 0 fully saturated rings. The van der Waals surface area contributed by atoms with Gasteiger partial charge >= 0.3 is 0 Å². The molecule has 208 valence electrons. The number of amides is 2. The summed E-state index contributed by atoms with van der Waals surface area (Å²) < 4.78 is 34.0. The Morgan fingerprint density at radius 2 is 1.72 bits per heavy atom. The van der Waals surface area contributed by atoms with Gasteiger partial charge in [-0.3, -0.25) is 13.9 Å². The number of aryl methyl sites for hydroxylation is 1. The average molecular weight is 572 g/mol. The first-order chi connectivity index (χ1) is 18.6. The number of sulfonamides is 1. The molecule has 3 aromatic carbocycles. The Balaban J connectivity index is 2.03. The molecule has 0 heterocycles. The summed E-state index contributed by atoms with van der Waals surface area (Å²) in [5.41, 5.74) is 1.78. The number of nitrogens with one attached hydrogen (secondary N) is 1. The molecule has 0 radical (unpaired) electrons. The molecule has 3 rings (SSSR count). The van der Waals surface area contributed by atoms with E-state index in [1.807, 2.05) is 19.9 Å². The third kappa shape index (κ3) is 7.52. The molecule has 2 amide bonds. The summed E-state index contributed by atoms with van der Waals surface area (Å²) >= 11 is 6.43. The van der Waals surface area contributed by atoms with Crippen molar-refractivity contribution in [3.05, 3.63) is 88.9 Å². The maximum absolute atomic E-state index is 13.9. The number of para-hydroxylation sites is 1. The number of carbonyl (C=O) groups excluding carboxylic acids is 2. The minimum Gasteiger partial charge on any atom is -0.497 e. The number of hydrogen-bond acceptors (Lipinski definition) is 5. The van der Waals surface area contributed by atoms with Crippen LogP contribution in [0, 0.1) is 6.92 Å². The molecule has 0 aliphatic heterocycles. The Kier molecular flexibility index (Phi) is 10.4. The van der Waals surface area contributed by atoms with Crippen LogP contribution in [0.1, 0.15) is 31.4 Å². The van der Waals surface area contributed by atoms with E-state index < -0.39 is 28.5 Å². The van der Waals surface area contributed by atoms with Gasteiger partial charge in [0.15, 0.2) is 0 Å². The molecular weight excluding hydrogens is 538 g/mol. The van der Waals surface area contributed by atoms with Crippen molar-refractivity contribution in [3.63, 3.8) is 0 Å². The SMILES string of the molecule is CCCNC(=O)[C@@H](C)N(Cc1cccc(OC)c1)C(=O)CN(c1ccccc1Cl)S(=O)(=O)c1ccc(C)cc1. The Morgan fingerprint density at radius 1 is 1.03 bits per heavy atom. The van der Waals surface area contributed by atoms with Crippen molar-refractivity contribution in [1.29, 1.82) is 0 Å². The zero-order valence-corrected chi connectivity index (χ0v) is 24.1. The molecule has 3 aromatic rings. The molecular formula is C29H34ClN3O5S. The number of rotatable bonds is 12. The van der Waals surface area contributed by atoms with E-state index in [9.17, 15) is 18.0 Å². The fourth-order valence-electron chi connectivity index (χ4n) is 3.95. The van der Waals surface area contributed by atoms with E-state index >= 15 is 0 Å². The standard InChI is InChI=1S/C29H34ClN3O5S/c1-5-17-31-29(35)22(3)32(19-23-9-8-10-24(18-23)38-4)28(34)20-33(27-12-7-6-11-26(27)30)39(36,37)25-15-13-21(2)14-16-25/h6-16,18,22H,5,17,19-20H2,1-4H3,(H,31,35)/t22-/m1/s1. The second-order valence-corrected chi connectivity index (χ2v) is 11.4. The van der Waals surface area contributed by atoms with Gasteiger partial charge in [0.2, 0.25) is 11.8 Å². The third-order valence-electron chi connectivity index (χ3n) is 6.21. The summed E-state index contributed by atoms with van der Waals surface area (Å²) in [7, 11) is -2.64. The molecule has 0 aliphatic rings. The largest absolute Gasteiger partial charge is 0.497 e. The maximum atomic E-state index is 13.9. The smallest absolute Gasteiger partial charge is 0.264 e. The first kappa shape index (κ1) is 30.0. The molecule has 1 N–H and O–H groups in total. The number of halogens is 1. The highest BCUT2D eigenvalue weighted by Gasteiger charge is 2.33. The summed E-state index contributed by atoms with van der Waals surface area (Å²) in [6.45, 7) is 5.37. The summed E-state index contributed by atoms with van der Waals surface area (Å²) in [5.74, 6) is -0.297. The van der Waals surface area contributed by atoms with Crippen LogP contribution in [0.25, 0.3) is 0 Å². The van der Waals surface area contributed by atoms with Crippen LogP contribution in [-0.4, -0.2) is 51.4 Å². The highest BCUT2D eigenvalue weighted by atomic mass is 35.5. The van der Waals surface area contributed by atoms with Crippen molar-refractivity contribution in [3.8, 4) is 5.75 Å². The highest BCUT2D eigenvalue weighted by molar-refractivity contribution is 7.92. The quantitative estimate of drug-likeness (QED) is 0.337. The van der Waals surface area contributed by atoms with Crippen LogP contribution in [0.2, 0.25) is 5.02 Å². The molecule has 8 nitrogen and oxygen atoms in total. The molecule has 0 aliphatic carbocycles. The van der Waals surface area contributed by atoms with Gasteiger partial charge in [-0.25, -0.2) is 8.42 Å². The predicted molar refractivity (Wildman–Crippen MR) is 153 cm³/mol. The van der Waals surface area contributed by atoms with Crippen molar-refractivity contribution in [2.75, 3.05) is 24.5 Å². The van der Waals surface area contributed by atoms with E-state index in [4.69, 9.17) is 16.3 Å². The van der Waals surface area contributed by atoms with E-state index in [1.165, 1.54) is 17.0 Å². The Bertz CT molecular complexity index is 1400. The second kappa shape index (κ2) is 13.5. The van der Waals surface area contributed by atoms with Gasteiger partial charge < -0.3 is 15.0 Å². The number of benzene rings is 3. The van der Waals surface area contributed by atoms with Crippen LogP contribution in [0.3, 0.4) is 0 Å². The van der Waals surface area contributed by atoms with Crippen LogP contribution < -0.4 is 14.4 Å². The molecule has 39 heavy (non-hydrogen) atoms. The summed E-state index contributed by atoms with van der Waals surface area (Å²) in [6.07, 6.45) is 0.734. The molecule has 0 unspecified atom stereocenters. The summed E-state index contributed by atoms with van der Waals surface area (Å²) in [5, 5.41) is 3.00. The lowest BCUT2D eigenvalue weighted by molar-refractivity contribution is -0.139. The number of nitrogens with zero attached hydrogens (tertiary/aromatic N) is 2. The lowest BCUT2D eigenvalue weighted by atomic mass is 10.1. The molecule has 10 heteroatoms. The first-order valence-electron chi connectivity index (χ1n) is 12.6. The average Bonchev–Trinajstić information content (AvgIpc) is 2.93. The zero-order valence-electron chi connectivity index (χ0n) is 22.6. The van der Waals surface area contributed by atoms with Crippen molar-refractivity contribution in [2.45, 2.75) is 44.7 Å². The van der Waals surface area contributed by atoms with Gasteiger partial charge in [0.25, 0.3) is 10.0 Å². The minimum absolute atomic E-state index is 0.0221. The normalized spacial score (nSPS) is 11.9. The van der Waals surface area contributed by atoms with Gasteiger partial charge in [0.05, 0.1) is 22.7 Å². The molecule has 1 atom stereocenters. The molecule has 0 spiro atoms. The van der Waals surface area contributed by atoms with E-state index in [-0.39, 0.29) is 28.1 Å². The van der Waals surface area contributed by atoms with Gasteiger partial charge in [-0.15, -0.1) is 0 Å². The fourth-order valence-corrected chi connectivity index (χ4v) is 5.67.